The fourth-order valence-corrected chi connectivity index (χ4v) is 3.62. The van der Waals surface area contributed by atoms with Gasteiger partial charge < -0.3 is 5.32 Å². The van der Waals surface area contributed by atoms with Gasteiger partial charge in [0.1, 0.15) is 5.82 Å². The lowest BCUT2D eigenvalue weighted by Crippen LogP contribution is -2.52. The molecule has 1 N–H and O–H groups in total. The van der Waals surface area contributed by atoms with Gasteiger partial charge in [0.15, 0.2) is 0 Å². The lowest BCUT2D eigenvalue weighted by molar-refractivity contribution is -0.121. The number of benzene rings is 1. The first-order valence-electron chi connectivity index (χ1n) is 8.17. The van der Waals surface area contributed by atoms with E-state index in [9.17, 15) is 9.18 Å². The van der Waals surface area contributed by atoms with E-state index in [1.165, 1.54) is 17.0 Å². The molecule has 3 rings (SSSR count). The molecular weight excluding hydrogens is 325 g/mol. The highest BCUT2D eigenvalue weighted by atomic mass is 32.1. The smallest absolute Gasteiger partial charge is 0.241 e. The zero-order chi connectivity index (χ0) is 16.9. The molecule has 0 radical (unpaired) electrons. The predicted molar refractivity (Wildman–Crippen MR) is 95.7 cm³/mol. The number of anilines is 1. The summed E-state index contributed by atoms with van der Waals surface area (Å²) in [6.07, 6.45) is 0. The molecular formula is C18H22FN3OS. The number of nitrogens with zero attached hydrogens (tertiary/aromatic N) is 2. The standard InChI is InChI=1S/C18H22FN3OS/c1-14(18(23)20-16-6-4-15(19)5-7-16)22-10-8-21(9-11-22)13-17-3-2-12-24-17/h2-7,12,14H,8-11,13H2,1H3,(H,20,23)/t14-/m1/s1. The van der Waals surface area contributed by atoms with E-state index in [1.54, 1.807) is 23.5 Å². The number of halogens is 1. The molecule has 0 unspecified atom stereocenters. The Morgan fingerprint density at radius 2 is 1.92 bits per heavy atom. The van der Waals surface area contributed by atoms with Crippen molar-refractivity contribution in [1.82, 2.24) is 9.80 Å². The van der Waals surface area contributed by atoms with Gasteiger partial charge in [0, 0.05) is 43.3 Å². The normalized spacial score (nSPS) is 17.6. The van der Waals surface area contributed by atoms with Gasteiger partial charge in [-0.05, 0) is 42.6 Å². The quantitative estimate of drug-likeness (QED) is 0.903. The summed E-state index contributed by atoms with van der Waals surface area (Å²) < 4.78 is 12.9. The highest BCUT2D eigenvalue weighted by molar-refractivity contribution is 7.09. The topological polar surface area (TPSA) is 35.6 Å². The van der Waals surface area contributed by atoms with E-state index in [4.69, 9.17) is 0 Å². The van der Waals surface area contributed by atoms with Gasteiger partial charge in [0.05, 0.1) is 6.04 Å². The maximum atomic E-state index is 12.9. The number of hydrogen-bond acceptors (Lipinski definition) is 4. The lowest BCUT2D eigenvalue weighted by atomic mass is 10.2. The van der Waals surface area contributed by atoms with Gasteiger partial charge in [-0.3, -0.25) is 14.6 Å². The number of carbonyl (C=O) groups is 1. The summed E-state index contributed by atoms with van der Waals surface area (Å²) in [6, 6.07) is 9.91. The van der Waals surface area contributed by atoms with E-state index < -0.39 is 0 Å². The van der Waals surface area contributed by atoms with Crippen LogP contribution in [0.25, 0.3) is 0 Å². The van der Waals surface area contributed by atoms with Gasteiger partial charge in [0.25, 0.3) is 0 Å². The van der Waals surface area contributed by atoms with Crippen LogP contribution in [0.2, 0.25) is 0 Å². The minimum Gasteiger partial charge on any atom is -0.325 e. The summed E-state index contributed by atoms with van der Waals surface area (Å²) in [7, 11) is 0. The molecule has 1 aromatic carbocycles. The van der Waals surface area contributed by atoms with Crippen molar-refractivity contribution in [3.05, 3.63) is 52.5 Å². The average molecular weight is 347 g/mol. The maximum Gasteiger partial charge on any atom is 0.241 e. The third kappa shape index (κ3) is 4.41. The second-order valence-corrected chi connectivity index (χ2v) is 7.10. The highest BCUT2D eigenvalue weighted by Gasteiger charge is 2.25. The number of nitrogens with one attached hydrogen (secondary N) is 1. The minimum absolute atomic E-state index is 0.0479. The first-order chi connectivity index (χ1) is 11.6. The van der Waals surface area contributed by atoms with E-state index in [0.717, 1.165) is 32.7 Å². The number of piperazine rings is 1. The molecule has 1 aliphatic heterocycles. The summed E-state index contributed by atoms with van der Waals surface area (Å²) >= 11 is 1.78. The Balaban J connectivity index is 1.48. The lowest BCUT2D eigenvalue weighted by Gasteiger charge is -2.37. The second-order valence-electron chi connectivity index (χ2n) is 6.06. The van der Waals surface area contributed by atoms with Crippen LogP contribution in [0.3, 0.4) is 0 Å². The number of thiophene rings is 1. The number of amides is 1. The van der Waals surface area contributed by atoms with Gasteiger partial charge >= 0.3 is 0 Å². The number of rotatable bonds is 5. The zero-order valence-electron chi connectivity index (χ0n) is 13.7. The van der Waals surface area contributed by atoms with Crippen LogP contribution in [0.15, 0.2) is 41.8 Å². The SMILES string of the molecule is C[C@H](C(=O)Nc1ccc(F)cc1)N1CCN(Cc2cccs2)CC1. The molecule has 2 heterocycles. The van der Waals surface area contributed by atoms with Crippen molar-refractivity contribution in [3.63, 3.8) is 0 Å². The third-order valence-corrected chi connectivity index (χ3v) is 5.27. The van der Waals surface area contributed by atoms with Gasteiger partial charge in [0.2, 0.25) is 5.91 Å². The van der Waals surface area contributed by atoms with Crippen molar-refractivity contribution < 1.29 is 9.18 Å². The Labute approximate surface area is 145 Å². The van der Waals surface area contributed by atoms with Crippen LogP contribution in [0.1, 0.15) is 11.8 Å². The average Bonchev–Trinajstić information content (AvgIpc) is 3.10. The number of hydrogen-bond donors (Lipinski definition) is 1. The molecule has 1 saturated heterocycles. The van der Waals surface area contributed by atoms with Gasteiger partial charge in [-0.2, -0.15) is 0 Å². The van der Waals surface area contributed by atoms with Crippen LogP contribution < -0.4 is 5.32 Å². The van der Waals surface area contributed by atoms with Crippen molar-refractivity contribution in [1.29, 1.82) is 0 Å². The molecule has 1 aromatic heterocycles. The van der Waals surface area contributed by atoms with Crippen LogP contribution in [-0.2, 0) is 11.3 Å². The predicted octanol–water partition coefficient (Wildman–Crippen LogP) is 3.03. The zero-order valence-corrected chi connectivity index (χ0v) is 14.6. The molecule has 2 aromatic rings. The molecule has 0 saturated carbocycles. The maximum absolute atomic E-state index is 12.9. The Morgan fingerprint density at radius 3 is 2.54 bits per heavy atom. The largest absolute Gasteiger partial charge is 0.325 e. The first kappa shape index (κ1) is 17.1. The molecule has 6 heteroatoms. The van der Waals surface area contributed by atoms with E-state index in [-0.39, 0.29) is 17.8 Å². The molecule has 0 aliphatic carbocycles. The van der Waals surface area contributed by atoms with Gasteiger partial charge in [-0.25, -0.2) is 4.39 Å². The molecule has 1 fully saturated rings. The van der Waals surface area contributed by atoms with E-state index in [2.05, 4.69) is 32.6 Å². The van der Waals surface area contributed by atoms with Crippen LogP contribution in [-0.4, -0.2) is 47.9 Å². The highest BCUT2D eigenvalue weighted by Crippen LogP contribution is 2.15. The molecule has 0 bridgehead atoms. The van der Waals surface area contributed by atoms with Crippen LogP contribution in [0.5, 0.6) is 0 Å². The molecule has 128 valence electrons. The fourth-order valence-electron chi connectivity index (χ4n) is 2.88. The molecule has 0 spiro atoms. The van der Waals surface area contributed by atoms with Crippen LogP contribution >= 0.6 is 11.3 Å². The summed E-state index contributed by atoms with van der Waals surface area (Å²) in [4.78, 5) is 18.4. The van der Waals surface area contributed by atoms with Crippen molar-refractivity contribution in [2.45, 2.75) is 19.5 Å². The Bertz CT molecular complexity index is 651. The second kappa shape index (κ2) is 7.88. The summed E-state index contributed by atoms with van der Waals surface area (Å²) in [5.41, 5.74) is 0.629. The third-order valence-electron chi connectivity index (χ3n) is 4.41. The fraction of sp³-hybridized carbons (Fsp3) is 0.389. The molecule has 24 heavy (non-hydrogen) atoms. The summed E-state index contributed by atoms with van der Waals surface area (Å²) in [6.45, 7) is 6.60. The van der Waals surface area contributed by atoms with E-state index in [0.29, 0.717) is 5.69 Å². The van der Waals surface area contributed by atoms with Crippen LogP contribution in [0.4, 0.5) is 10.1 Å². The minimum atomic E-state index is -0.303. The Morgan fingerprint density at radius 1 is 1.21 bits per heavy atom. The summed E-state index contributed by atoms with van der Waals surface area (Å²) in [5.74, 6) is -0.351. The first-order valence-corrected chi connectivity index (χ1v) is 9.05. The number of carbonyl (C=O) groups excluding carboxylic acids is 1. The van der Waals surface area contributed by atoms with Crippen LogP contribution in [0, 0.1) is 5.82 Å². The van der Waals surface area contributed by atoms with Gasteiger partial charge in [-0.15, -0.1) is 11.3 Å². The Kier molecular flexibility index (Phi) is 5.60. The van der Waals surface area contributed by atoms with E-state index in [1.807, 2.05) is 6.92 Å². The Hall–Kier alpha value is -1.76. The summed E-state index contributed by atoms with van der Waals surface area (Å²) in [5, 5.41) is 4.96. The van der Waals surface area contributed by atoms with E-state index >= 15 is 0 Å². The van der Waals surface area contributed by atoms with Crippen molar-refractivity contribution in [2.75, 3.05) is 31.5 Å². The molecule has 4 nitrogen and oxygen atoms in total. The molecule has 1 atom stereocenters. The van der Waals surface area contributed by atoms with Crippen molar-refractivity contribution in [2.24, 2.45) is 0 Å². The van der Waals surface area contributed by atoms with Gasteiger partial charge in [-0.1, -0.05) is 6.07 Å². The molecule has 1 aliphatic rings. The van der Waals surface area contributed by atoms with Crippen molar-refractivity contribution in [3.8, 4) is 0 Å². The monoisotopic (exact) mass is 347 g/mol. The molecule has 1 amide bonds. The van der Waals surface area contributed by atoms with Crippen molar-refractivity contribution >= 4 is 22.9 Å².